The van der Waals surface area contributed by atoms with Crippen LogP contribution in [0.15, 0.2) is 92.9 Å². The Morgan fingerprint density at radius 3 is 2.26 bits per heavy atom. The molecule has 0 bridgehead atoms. The third kappa shape index (κ3) is 7.07. The first-order chi connectivity index (χ1) is 18.4. The quantitative estimate of drug-likeness (QED) is 0.262. The van der Waals surface area contributed by atoms with Crippen molar-refractivity contribution in [3.63, 3.8) is 0 Å². The minimum absolute atomic E-state index is 0.0613. The topological polar surface area (TPSA) is 102 Å². The highest BCUT2D eigenvalue weighted by Crippen LogP contribution is 2.14. The number of carbonyl (C=O) groups is 2. The lowest BCUT2D eigenvalue weighted by molar-refractivity contribution is -0.121. The molecule has 3 aromatic carbocycles. The first-order valence-corrected chi connectivity index (χ1v) is 13.3. The third-order valence-corrected chi connectivity index (χ3v) is 6.70. The number of rotatable bonds is 11. The smallest absolute Gasteiger partial charge is 0.331 e. The van der Waals surface area contributed by atoms with Crippen molar-refractivity contribution < 1.29 is 9.59 Å². The van der Waals surface area contributed by atoms with Crippen molar-refractivity contribution in [3.8, 4) is 0 Å². The Hall–Kier alpha value is -3.98. The van der Waals surface area contributed by atoms with Crippen molar-refractivity contribution in [2.75, 3.05) is 11.9 Å². The second-order valence-corrected chi connectivity index (χ2v) is 9.86. The summed E-state index contributed by atoms with van der Waals surface area (Å²) < 4.78 is 3.36. The Morgan fingerprint density at radius 2 is 1.50 bits per heavy atom. The van der Waals surface area contributed by atoms with E-state index in [4.69, 9.17) is 0 Å². The van der Waals surface area contributed by atoms with E-state index in [1.165, 1.54) is 4.57 Å². The maximum atomic E-state index is 13.3. The van der Waals surface area contributed by atoms with Crippen LogP contribution in [0.3, 0.4) is 0 Å². The molecule has 0 unspecified atom stereocenters. The fourth-order valence-corrected chi connectivity index (χ4v) is 4.50. The van der Waals surface area contributed by atoms with Gasteiger partial charge in [0.05, 0.1) is 10.9 Å². The molecule has 2 amide bonds. The molecule has 8 nitrogen and oxygen atoms in total. The van der Waals surface area contributed by atoms with Crippen molar-refractivity contribution in [2.45, 2.75) is 38.8 Å². The van der Waals surface area contributed by atoms with Crippen LogP contribution in [0, 0.1) is 0 Å². The van der Waals surface area contributed by atoms with E-state index in [0.717, 1.165) is 21.0 Å². The van der Waals surface area contributed by atoms with Gasteiger partial charge in [0.1, 0.15) is 6.54 Å². The number of fused-ring (bicyclic) bond motifs is 1. The molecule has 0 aliphatic carbocycles. The van der Waals surface area contributed by atoms with Gasteiger partial charge in [-0.2, -0.15) is 0 Å². The van der Waals surface area contributed by atoms with E-state index in [1.54, 1.807) is 48.5 Å². The van der Waals surface area contributed by atoms with Gasteiger partial charge in [-0.15, -0.1) is 0 Å². The number of carbonyl (C=O) groups excluding carboxylic acids is 2. The van der Waals surface area contributed by atoms with Crippen molar-refractivity contribution in [3.05, 3.63) is 110 Å². The van der Waals surface area contributed by atoms with Crippen LogP contribution in [0.25, 0.3) is 10.9 Å². The molecule has 1 aromatic heterocycles. The van der Waals surface area contributed by atoms with Crippen LogP contribution in [0.4, 0.5) is 5.69 Å². The highest BCUT2D eigenvalue weighted by molar-refractivity contribution is 9.10. The second kappa shape index (κ2) is 13.0. The minimum Gasteiger partial charge on any atom is -0.356 e. The maximum absolute atomic E-state index is 13.3. The number of para-hydroxylation sites is 1. The van der Waals surface area contributed by atoms with Gasteiger partial charge >= 0.3 is 5.69 Å². The summed E-state index contributed by atoms with van der Waals surface area (Å²) in [7, 11) is 0. The molecule has 0 aliphatic heterocycles. The number of hydrogen-bond donors (Lipinski definition) is 2. The molecule has 0 fully saturated rings. The molecule has 4 aromatic rings. The van der Waals surface area contributed by atoms with Gasteiger partial charge in [0.15, 0.2) is 0 Å². The summed E-state index contributed by atoms with van der Waals surface area (Å²) in [6.45, 7) is 0.480. The molecule has 196 valence electrons. The van der Waals surface area contributed by atoms with Gasteiger partial charge in [-0.1, -0.05) is 58.4 Å². The number of nitrogens with one attached hydrogen (secondary N) is 2. The molecule has 38 heavy (non-hydrogen) atoms. The maximum Gasteiger partial charge on any atom is 0.331 e. The lowest BCUT2D eigenvalue weighted by atomic mass is 10.1. The van der Waals surface area contributed by atoms with Crippen LogP contribution in [0.2, 0.25) is 0 Å². The zero-order valence-corrected chi connectivity index (χ0v) is 22.4. The fraction of sp³-hybridized carbons (Fsp3) is 0.241. The molecular weight excluding hydrogens is 548 g/mol. The number of anilines is 1. The van der Waals surface area contributed by atoms with Crippen molar-refractivity contribution >= 4 is 44.3 Å². The standard InChI is InChI=1S/C29H29BrN4O4/c30-22-13-15-23(16-14-22)32-27(36)20-34-25-11-5-4-10-24(25)28(37)33(29(34)38)19-7-6-12-26(35)31-18-17-21-8-2-1-3-9-21/h1-5,8-11,13-16H,6-7,12,17-20H2,(H,31,35)(H,32,36). The lowest BCUT2D eigenvalue weighted by Gasteiger charge is -2.14. The zero-order chi connectivity index (χ0) is 26.9. The van der Waals surface area contributed by atoms with E-state index in [1.807, 2.05) is 30.3 Å². The molecule has 0 spiro atoms. The third-order valence-electron chi connectivity index (χ3n) is 6.18. The van der Waals surface area contributed by atoms with Crippen LogP contribution in [0.5, 0.6) is 0 Å². The van der Waals surface area contributed by atoms with Crippen LogP contribution in [0.1, 0.15) is 24.8 Å². The summed E-state index contributed by atoms with van der Waals surface area (Å²) in [6, 6.07) is 23.8. The van der Waals surface area contributed by atoms with Crippen LogP contribution < -0.4 is 21.9 Å². The van der Waals surface area contributed by atoms with Crippen LogP contribution in [-0.2, 0) is 29.1 Å². The molecular formula is C29H29BrN4O4. The highest BCUT2D eigenvalue weighted by Gasteiger charge is 2.15. The summed E-state index contributed by atoms with van der Waals surface area (Å²) in [5.41, 5.74) is 1.22. The Labute approximate surface area is 228 Å². The van der Waals surface area contributed by atoms with Crippen LogP contribution in [-0.4, -0.2) is 27.5 Å². The SMILES string of the molecule is O=C(CCCCn1c(=O)c2ccccc2n(CC(=O)Nc2ccc(Br)cc2)c1=O)NCCc1ccccc1. The Kier molecular flexibility index (Phi) is 9.26. The molecule has 0 aliphatic rings. The number of unbranched alkanes of at least 4 members (excludes halogenated alkanes) is 1. The number of halogens is 1. The van der Waals surface area contributed by atoms with Crippen molar-refractivity contribution in [1.82, 2.24) is 14.5 Å². The van der Waals surface area contributed by atoms with E-state index in [2.05, 4.69) is 26.6 Å². The Balaban J connectivity index is 1.39. The number of hydrogen-bond acceptors (Lipinski definition) is 4. The van der Waals surface area contributed by atoms with Gasteiger partial charge in [-0.3, -0.25) is 23.5 Å². The monoisotopic (exact) mass is 576 g/mol. The number of benzene rings is 3. The van der Waals surface area contributed by atoms with Gasteiger partial charge < -0.3 is 10.6 Å². The first-order valence-electron chi connectivity index (χ1n) is 12.5. The molecule has 0 saturated heterocycles. The highest BCUT2D eigenvalue weighted by atomic mass is 79.9. The lowest BCUT2D eigenvalue weighted by Crippen LogP contribution is -2.41. The number of nitrogens with zero attached hydrogens (tertiary/aromatic N) is 2. The van der Waals surface area contributed by atoms with E-state index in [-0.39, 0.29) is 24.9 Å². The molecule has 0 saturated carbocycles. The van der Waals surface area contributed by atoms with Crippen molar-refractivity contribution in [1.29, 1.82) is 0 Å². The summed E-state index contributed by atoms with van der Waals surface area (Å²) >= 11 is 3.36. The summed E-state index contributed by atoms with van der Waals surface area (Å²) in [5.74, 6) is -0.439. The van der Waals surface area contributed by atoms with Gasteiger partial charge in [0.2, 0.25) is 11.8 Å². The second-order valence-electron chi connectivity index (χ2n) is 8.94. The molecule has 0 atom stereocenters. The molecule has 0 radical (unpaired) electrons. The summed E-state index contributed by atoms with van der Waals surface area (Å²) in [4.78, 5) is 51.3. The normalized spacial score (nSPS) is 10.9. The van der Waals surface area contributed by atoms with E-state index in [0.29, 0.717) is 42.4 Å². The number of aromatic nitrogens is 2. The molecule has 2 N–H and O–H groups in total. The van der Waals surface area contributed by atoms with Gasteiger partial charge in [0, 0.05) is 29.7 Å². The van der Waals surface area contributed by atoms with Gasteiger partial charge in [-0.25, -0.2) is 4.79 Å². The number of amides is 2. The predicted octanol–water partition coefficient (Wildman–Crippen LogP) is 4.09. The first kappa shape index (κ1) is 27.1. The van der Waals surface area contributed by atoms with Gasteiger partial charge in [0.25, 0.3) is 5.56 Å². The fourth-order valence-electron chi connectivity index (χ4n) is 4.23. The van der Waals surface area contributed by atoms with E-state index < -0.39 is 11.2 Å². The Morgan fingerprint density at radius 1 is 0.789 bits per heavy atom. The minimum atomic E-state index is -0.549. The van der Waals surface area contributed by atoms with E-state index >= 15 is 0 Å². The average molecular weight is 577 g/mol. The van der Waals surface area contributed by atoms with Crippen molar-refractivity contribution in [2.24, 2.45) is 0 Å². The summed E-state index contributed by atoms with van der Waals surface area (Å²) in [5, 5.41) is 6.06. The largest absolute Gasteiger partial charge is 0.356 e. The Bertz CT molecular complexity index is 1530. The van der Waals surface area contributed by atoms with E-state index in [9.17, 15) is 19.2 Å². The van der Waals surface area contributed by atoms with Gasteiger partial charge in [-0.05, 0) is 61.2 Å². The molecule has 9 heteroatoms. The van der Waals surface area contributed by atoms with Crippen LogP contribution >= 0.6 is 15.9 Å². The molecule has 1 heterocycles. The zero-order valence-electron chi connectivity index (χ0n) is 20.9. The predicted molar refractivity (Wildman–Crippen MR) is 152 cm³/mol. The molecule has 4 rings (SSSR count). The average Bonchev–Trinajstić information content (AvgIpc) is 2.92. The summed E-state index contributed by atoms with van der Waals surface area (Å²) in [6.07, 6.45) is 2.07.